The van der Waals surface area contributed by atoms with E-state index in [4.69, 9.17) is 0 Å². The van der Waals surface area contributed by atoms with Crippen LogP contribution in [0.5, 0.6) is 0 Å². The molecule has 0 saturated heterocycles. The van der Waals surface area contributed by atoms with Crippen molar-refractivity contribution in [1.82, 2.24) is 0 Å². The van der Waals surface area contributed by atoms with E-state index in [2.05, 4.69) is 16.4 Å². The minimum absolute atomic E-state index is 0.0672. The Labute approximate surface area is 95.2 Å². The number of anilines is 1. The van der Waals surface area contributed by atoms with Crippen LogP contribution in [-0.2, 0) is 4.79 Å². The molecule has 2 N–H and O–H groups in total. The molecule has 0 atom stereocenters. The molecule has 0 aliphatic carbocycles. The van der Waals surface area contributed by atoms with Crippen LogP contribution in [-0.4, -0.2) is 5.91 Å². The number of aromatic amines is 1. The van der Waals surface area contributed by atoms with Crippen LogP contribution in [0.3, 0.4) is 0 Å². The summed E-state index contributed by atoms with van der Waals surface area (Å²) in [6, 6.07) is 16.0. The summed E-state index contributed by atoms with van der Waals surface area (Å²) in [7, 11) is 0. The fourth-order valence-electron chi connectivity index (χ4n) is 1.00. The van der Waals surface area contributed by atoms with Gasteiger partial charge in [0.25, 0.3) is 0 Å². The standard InChI is InChI=1S/C8H8NO.C5H5N/c1-7(10)9-8-5-3-2-4-6-8;1-2-4-6-5-3-1/h2-5H,1H3,(H,9,10);1-5H/q-1;/p+1. The van der Waals surface area contributed by atoms with E-state index in [9.17, 15) is 4.79 Å². The van der Waals surface area contributed by atoms with E-state index in [1.807, 2.05) is 42.7 Å². The van der Waals surface area contributed by atoms with Crippen molar-refractivity contribution in [2.45, 2.75) is 6.92 Å². The zero-order valence-corrected chi connectivity index (χ0v) is 9.10. The zero-order valence-electron chi connectivity index (χ0n) is 9.10. The van der Waals surface area contributed by atoms with Gasteiger partial charge in [0.05, 0.1) is 0 Å². The first-order valence-corrected chi connectivity index (χ1v) is 4.94. The fraction of sp³-hybridized carbons (Fsp3) is 0.0769. The lowest BCUT2D eigenvalue weighted by Gasteiger charge is -2.05. The summed E-state index contributed by atoms with van der Waals surface area (Å²) in [6.45, 7) is 1.47. The molecule has 0 saturated carbocycles. The number of rotatable bonds is 1. The van der Waals surface area contributed by atoms with Gasteiger partial charge >= 0.3 is 0 Å². The highest BCUT2D eigenvalue weighted by Gasteiger charge is 1.84. The number of amides is 1. The number of carbonyl (C=O) groups excluding carboxylic acids is 1. The first-order valence-electron chi connectivity index (χ1n) is 4.94. The van der Waals surface area contributed by atoms with E-state index in [0.717, 1.165) is 5.69 Å². The Morgan fingerprint density at radius 1 is 1.19 bits per heavy atom. The van der Waals surface area contributed by atoms with Crippen LogP contribution in [0.25, 0.3) is 0 Å². The number of para-hydroxylation sites is 1. The lowest BCUT2D eigenvalue weighted by molar-refractivity contribution is -0.377. The molecule has 3 heteroatoms. The van der Waals surface area contributed by atoms with Gasteiger partial charge in [-0.2, -0.15) is 24.3 Å². The van der Waals surface area contributed by atoms with Gasteiger partial charge in [-0.3, -0.25) is 4.79 Å². The Kier molecular flexibility index (Phi) is 5.34. The first-order chi connectivity index (χ1) is 7.79. The summed E-state index contributed by atoms with van der Waals surface area (Å²) in [5, 5.41) is 2.61. The lowest BCUT2D eigenvalue weighted by atomic mass is 10.3. The fourth-order valence-corrected chi connectivity index (χ4v) is 1.00. The molecule has 0 radical (unpaired) electrons. The Bertz CT molecular complexity index is 374. The molecule has 16 heavy (non-hydrogen) atoms. The van der Waals surface area contributed by atoms with E-state index >= 15 is 0 Å². The second kappa shape index (κ2) is 7.17. The predicted octanol–water partition coefficient (Wildman–Crippen LogP) is 1.95. The van der Waals surface area contributed by atoms with Gasteiger partial charge in [0, 0.05) is 19.1 Å². The van der Waals surface area contributed by atoms with Gasteiger partial charge in [0.1, 0.15) is 0 Å². The van der Waals surface area contributed by atoms with Gasteiger partial charge in [-0.25, -0.2) is 4.98 Å². The van der Waals surface area contributed by atoms with Crippen LogP contribution in [0.1, 0.15) is 6.92 Å². The molecule has 3 nitrogen and oxygen atoms in total. The number of H-pyrrole nitrogens is 1. The molecule has 82 valence electrons. The van der Waals surface area contributed by atoms with Crippen molar-refractivity contribution in [3.8, 4) is 0 Å². The molecule has 2 aromatic rings. The van der Waals surface area contributed by atoms with Gasteiger partial charge < -0.3 is 5.32 Å². The lowest BCUT2D eigenvalue weighted by Crippen LogP contribution is -2.05. The SMILES string of the molecule is CC(=O)Nc1[c-]cccc1.c1cc[nH+]cc1. The highest BCUT2D eigenvalue weighted by atomic mass is 16.1. The second-order valence-corrected chi connectivity index (χ2v) is 3.03. The Hall–Kier alpha value is -2.16. The van der Waals surface area contributed by atoms with Crippen molar-refractivity contribution in [3.63, 3.8) is 0 Å². The summed E-state index contributed by atoms with van der Waals surface area (Å²) in [6.07, 6.45) is 3.75. The zero-order chi connectivity index (χ0) is 11.6. The molecule has 0 bridgehead atoms. The minimum atomic E-state index is -0.0672. The van der Waals surface area contributed by atoms with Crippen molar-refractivity contribution in [2.24, 2.45) is 0 Å². The number of aromatic nitrogens is 1. The van der Waals surface area contributed by atoms with Crippen molar-refractivity contribution in [1.29, 1.82) is 0 Å². The summed E-state index contributed by atoms with van der Waals surface area (Å²) in [5.74, 6) is -0.0672. The summed E-state index contributed by atoms with van der Waals surface area (Å²) in [4.78, 5) is 13.4. The van der Waals surface area contributed by atoms with Crippen LogP contribution in [0.2, 0.25) is 0 Å². The predicted molar refractivity (Wildman–Crippen MR) is 62.6 cm³/mol. The molecule has 0 spiro atoms. The smallest absolute Gasteiger partial charge is 0.219 e. The van der Waals surface area contributed by atoms with E-state index in [-0.39, 0.29) is 5.91 Å². The topological polar surface area (TPSA) is 43.2 Å². The molecule has 0 unspecified atom stereocenters. The first kappa shape index (κ1) is 11.9. The second-order valence-electron chi connectivity index (χ2n) is 3.03. The number of pyridine rings is 1. The van der Waals surface area contributed by atoms with Crippen LogP contribution in [0.15, 0.2) is 54.9 Å². The maximum atomic E-state index is 10.5. The molecule has 0 aliphatic rings. The highest BCUT2D eigenvalue weighted by Crippen LogP contribution is 2.02. The Morgan fingerprint density at radius 3 is 2.31 bits per heavy atom. The van der Waals surface area contributed by atoms with Crippen LogP contribution < -0.4 is 10.3 Å². The Morgan fingerprint density at radius 2 is 1.94 bits per heavy atom. The molecule has 1 aromatic heterocycles. The maximum absolute atomic E-state index is 10.5. The van der Waals surface area contributed by atoms with Crippen molar-refractivity contribution < 1.29 is 9.78 Å². The van der Waals surface area contributed by atoms with Gasteiger partial charge in [-0.15, -0.1) is 6.07 Å². The molecule has 0 aliphatic heterocycles. The highest BCUT2D eigenvalue weighted by molar-refractivity contribution is 5.88. The molecular weight excluding hydrogens is 200 g/mol. The number of nitrogens with one attached hydrogen (secondary N) is 2. The third-order valence-electron chi connectivity index (χ3n) is 1.63. The summed E-state index contributed by atoms with van der Waals surface area (Å²) >= 11 is 0. The number of hydrogen-bond donors (Lipinski definition) is 1. The molecule has 1 heterocycles. The van der Waals surface area contributed by atoms with Crippen LogP contribution in [0.4, 0.5) is 5.69 Å². The number of benzene rings is 1. The van der Waals surface area contributed by atoms with Crippen molar-refractivity contribution in [3.05, 3.63) is 60.9 Å². The van der Waals surface area contributed by atoms with Gasteiger partial charge in [-0.1, -0.05) is 11.8 Å². The molecular formula is C13H14N2O. The maximum Gasteiger partial charge on any atom is 0.219 e. The average molecular weight is 214 g/mol. The third kappa shape index (κ3) is 5.54. The quantitative estimate of drug-likeness (QED) is 0.724. The minimum Gasteiger partial charge on any atom is -0.350 e. The molecule has 1 amide bonds. The van der Waals surface area contributed by atoms with E-state index in [1.165, 1.54) is 6.92 Å². The van der Waals surface area contributed by atoms with E-state index < -0.39 is 0 Å². The normalized spacial score (nSPS) is 8.56. The van der Waals surface area contributed by atoms with E-state index in [1.54, 1.807) is 12.1 Å². The summed E-state index contributed by atoms with van der Waals surface area (Å²) < 4.78 is 0. The van der Waals surface area contributed by atoms with Crippen molar-refractivity contribution in [2.75, 3.05) is 5.32 Å². The Balaban J connectivity index is 0.000000181. The molecule has 1 aromatic carbocycles. The molecule has 0 fully saturated rings. The van der Waals surface area contributed by atoms with E-state index in [0.29, 0.717) is 0 Å². The third-order valence-corrected chi connectivity index (χ3v) is 1.63. The van der Waals surface area contributed by atoms with Crippen LogP contribution in [0, 0.1) is 6.07 Å². The largest absolute Gasteiger partial charge is 0.350 e. The number of carbonyl (C=O) groups is 1. The molecule has 2 rings (SSSR count). The number of hydrogen-bond acceptors (Lipinski definition) is 1. The summed E-state index contributed by atoms with van der Waals surface area (Å²) in [5.41, 5.74) is 0.718. The van der Waals surface area contributed by atoms with Crippen LogP contribution >= 0.6 is 0 Å². The average Bonchev–Trinajstić information content (AvgIpc) is 2.32. The van der Waals surface area contributed by atoms with Gasteiger partial charge in [0.2, 0.25) is 5.91 Å². The van der Waals surface area contributed by atoms with Gasteiger partial charge in [0.15, 0.2) is 12.4 Å². The van der Waals surface area contributed by atoms with Crippen molar-refractivity contribution >= 4 is 11.6 Å². The van der Waals surface area contributed by atoms with Gasteiger partial charge in [-0.05, 0) is 0 Å². The monoisotopic (exact) mass is 214 g/mol.